The summed E-state index contributed by atoms with van der Waals surface area (Å²) in [5.74, 6) is 0.354. The van der Waals surface area contributed by atoms with Gasteiger partial charge in [-0.15, -0.1) is 0 Å². The van der Waals surface area contributed by atoms with Gasteiger partial charge < -0.3 is 14.7 Å². The number of carbonyl (C=O) groups is 1. The Kier molecular flexibility index (Phi) is 5.45. The standard InChI is InChI=1S/C14H27N3O/c1-15-10-12-17(13-11-15)14(18)6-9-16-7-4-2-3-5-8-16/h2-13H2,1H3. The summed E-state index contributed by atoms with van der Waals surface area (Å²) in [6, 6.07) is 0. The first-order valence-corrected chi connectivity index (χ1v) is 7.44. The summed E-state index contributed by atoms with van der Waals surface area (Å²) in [7, 11) is 2.12. The van der Waals surface area contributed by atoms with Gasteiger partial charge in [0.1, 0.15) is 0 Å². The van der Waals surface area contributed by atoms with E-state index in [0.717, 1.165) is 32.7 Å². The number of hydrogen-bond donors (Lipinski definition) is 0. The highest BCUT2D eigenvalue weighted by atomic mass is 16.2. The fourth-order valence-corrected chi connectivity index (χ4v) is 2.83. The van der Waals surface area contributed by atoms with Gasteiger partial charge in [-0.3, -0.25) is 4.79 Å². The molecule has 0 aliphatic carbocycles. The van der Waals surface area contributed by atoms with E-state index in [2.05, 4.69) is 16.8 Å². The SMILES string of the molecule is CN1CCN(C(=O)CCN2CCCCCC2)CC1. The monoisotopic (exact) mass is 253 g/mol. The number of likely N-dealkylation sites (tertiary alicyclic amines) is 1. The maximum atomic E-state index is 12.1. The van der Waals surface area contributed by atoms with Crippen LogP contribution in [0.5, 0.6) is 0 Å². The zero-order valence-electron chi connectivity index (χ0n) is 11.7. The topological polar surface area (TPSA) is 26.8 Å². The molecule has 0 radical (unpaired) electrons. The molecule has 18 heavy (non-hydrogen) atoms. The maximum Gasteiger partial charge on any atom is 0.223 e. The lowest BCUT2D eigenvalue weighted by atomic mass is 10.2. The molecule has 0 aromatic carbocycles. The van der Waals surface area contributed by atoms with Crippen LogP contribution in [-0.4, -0.2) is 73.5 Å². The summed E-state index contributed by atoms with van der Waals surface area (Å²) in [6.45, 7) is 7.22. The number of likely N-dealkylation sites (N-methyl/N-ethyl adjacent to an activating group) is 1. The number of nitrogens with zero attached hydrogens (tertiary/aromatic N) is 3. The molecule has 0 spiro atoms. The summed E-state index contributed by atoms with van der Waals surface area (Å²) in [5.41, 5.74) is 0. The minimum Gasteiger partial charge on any atom is -0.340 e. The van der Waals surface area contributed by atoms with Crippen LogP contribution in [-0.2, 0) is 4.79 Å². The lowest BCUT2D eigenvalue weighted by Crippen LogP contribution is -2.47. The first-order chi connectivity index (χ1) is 8.75. The molecule has 2 saturated heterocycles. The minimum absolute atomic E-state index is 0.354. The molecule has 2 aliphatic heterocycles. The van der Waals surface area contributed by atoms with Gasteiger partial charge in [0.25, 0.3) is 0 Å². The van der Waals surface area contributed by atoms with Gasteiger partial charge in [0.05, 0.1) is 0 Å². The highest BCUT2D eigenvalue weighted by Gasteiger charge is 2.19. The molecule has 2 rings (SSSR count). The predicted molar refractivity (Wildman–Crippen MR) is 73.6 cm³/mol. The van der Waals surface area contributed by atoms with Crippen molar-refractivity contribution in [2.75, 3.05) is 52.9 Å². The molecule has 1 amide bonds. The van der Waals surface area contributed by atoms with Crippen molar-refractivity contribution in [3.05, 3.63) is 0 Å². The van der Waals surface area contributed by atoms with E-state index in [1.54, 1.807) is 0 Å². The molecule has 0 saturated carbocycles. The quantitative estimate of drug-likeness (QED) is 0.751. The summed E-state index contributed by atoms with van der Waals surface area (Å²) in [6.07, 6.45) is 6.06. The number of hydrogen-bond acceptors (Lipinski definition) is 3. The summed E-state index contributed by atoms with van der Waals surface area (Å²) in [5, 5.41) is 0. The van der Waals surface area contributed by atoms with Crippen LogP contribution in [0.4, 0.5) is 0 Å². The number of carbonyl (C=O) groups excluding carboxylic acids is 1. The first-order valence-electron chi connectivity index (χ1n) is 7.44. The van der Waals surface area contributed by atoms with Crippen LogP contribution in [0.15, 0.2) is 0 Å². The smallest absolute Gasteiger partial charge is 0.223 e. The molecule has 2 aliphatic rings. The summed E-state index contributed by atoms with van der Waals surface area (Å²) in [4.78, 5) is 18.9. The van der Waals surface area contributed by atoms with E-state index in [0.29, 0.717) is 12.3 Å². The van der Waals surface area contributed by atoms with E-state index in [1.807, 2.05) is 4.90 Å². The van der Waals surface area contributed by atoms with Crippen LogP contribution >= 0.6 is 0 Å². The second kappa shape index (κ2) is 7.10. The molecule has 0 N–H and O–H groups in total. The summed E-state index contributed by atoms with van der Waals surface area (Å²) < 4.78 is 0. The first kappa shape index (κ1) is 13.8. The summed E-state index contributed by atoms with van der Waals surface area (Å²) >= 11 is 0. The molecule has 0 aromatic rings. The van der Waals surface area contributed by atoms with E-state index in [9.17, 15) is 4.79 Å². The lowest BCUT2D eigenvalue weighted by molar-refractivity contribution is -0.133. The van der Waals surface area contributed by atoms with E-state index in [1.165, 1.54) is 38.8 Å². The Bertz CT molecular complexity index is 254. The Morgan fingerprint density at radius 2 is 1.50 bits per heavy atom. The van der Waals surface area contributed by atoms with Gasteiger partial charge in [0.2, 0.25) is 5.91 Å². The van der Waals surface area contributed by atoms with Gasteiger partial charge in [-0.2, -0.15) is 0 Å². The van der Waals surface area contributed by atoms with E-state index < -0.39 is 0 Å². The zero-order valence-corrected chi connectivity index (χ0v) is 11.7. The Balaban J connectivity index is 1.67. The molecule has 2 fully saturated rings. The predicted octanol–water partition coefficient (Wildman–Crippen LogP) is 1.03. The van der Waals surface area contributed by atoms with Crippen molar-refractivity contribution in [1.82, 2.24) is 14.7 Å². The van der Waals surface area contributed by atoms with E-state index in [-0.39, 0.29) is 0 Å². The van der Waals surface area contributed by atoms with E-state index in [4.69, 9.17) is 0 Å². The van der Waals surface area contributed by atoms with Crippen LogP contribution in [0.1, 0.15) is 32.1 Å². The largest absolute Gasteiger partial charge is 0.340 e. The zero-order chi connectivity index (χ0) is 12.8. The van der Waals surface area contributed by atoms with E-state index >= 15 is 0 Å². The second-order valence-electron chi connectivity index (χ2n) is 5.69. The van der Waals surface area contributed by atoms with Gasteiger partial charge >= 0.3 is 0 Å². The number of rotatable bonds is 3. The van der Waals surface area contributed by atoms with Crippen molar-refractivity contribution in [1.29, 1.82) is 0 Å². The highest BCUT2D eigenvalue weighted by Crippen LogP contribution is 2.10. The van der Waals surface area contributed by atoms with Gasteiger partial charge in [-0.25, -0.2) is 0 Å². The van der Waals surface area contributed by atoms with Crippen molar-refractivity contribution in [3.8, 4) is 0 Å². The van der Waals surface area contributed by atoms with Crippen LogP contribution in [0.2, 0.25) is 0 Å². The molecule has 4 nitrogen and oxygen atoms in total. The molecule has 104 valence electrons. The van der Waals surface area contributed by atoms with Crippen molar-refractivity contribution in [3.63, 3.8) is 0 Å². The van der Waals surface area contributed by atoms with Crippen molar-refractivity contribution < 1.29 is 4.79 Å². The third-order valence-electron chi connectivity index (χ3n) is 4.20. The van der Waals surface area contributed by atoms with Crippen molar-refractivity contribution in [2.24, 2.45) is 0 Å². The third kappa shape index (κ3) is 4.25. The number of piperazine rings is 1. The maximum absolute atomic E-state index is 12.1. The van der Waals surface area contributed by atoms with Crippen LogP contribution in [0.3, 0.4) is 0 Å². The average molecular weight is 253 g/mol. The van der Waals surface area contributed by atoms with Gasteiger partial charge in [-0.1, -0.05) is 12.8 Å². The van der Waals surface area contributed by atoms with Gasteiger partial charge in [0, 0.05) is 39.1 Å². The Morgan fingerprint density at radius 1 is 0.889 bits per heavy atom. The Labute approximate surface area is 111 Å². The van der Waals surface area contributed by atoms with Crippen molar-refractivity contribution >= 4 is 5.91 Å². The average Bonchev–Trinajstić information content (AvgIpc) is 2.65. The molecule has 4 heteroatoms. The van der Waals surface area contributed by atoms with Crippen molar-refractivity contribution in [2.45, 2.75) is 32.1 Å². The molecule has 0 aromatic heterocycles. The second-order valence-corrected chi connectivity index (χ2v) is 5.69. The normalized spacial score (nSPS) is 23.9. The van der Waals surface area contributed by atoms with Gasteiger partial charge in [0.15, 0.2) is 0 Å². The van der Waals surface area contributed by atoms with Crippen LogP contribution in [0.25, 0.3) is 0 Å². The molecular formula is C14H27N3O. The van der Waals surface area contributed by atoms with Crippen LogP contribution in [0, 0.1) is 0 Å². The Hall–Kier alpha value is -0.610. The molecule has 2 heterocycles. The molecular weight excluding hydrogens is 226 g/mol. The highest BCUT2D eigenvalue weighted by molar-refractivity contribution is 5.76. The lowest BCUT2D eigenvalue weighted by Gasteiger charge is -2.33. The Morgan fingerprint density at radius 3 is 2.11 bits per heavy atom. The third-order valence-corrected chi connectivity index (χ3v) is 4.20. The molecule has 0 bridgehead atoms. The molecule has 0 atom stereocenters. The minimum atomic E-state index is 0.354. The number of amides is 1. The fourth-order valence-electron chi connectivity index (χ4n) is 2.83. The fraction of sp³-hybridized carbons (Fsp3) is 0.929. The molecule has 0 unspecified atom stereocenters. The van der Waals surface area contributed by atoms with Crippen LogP contribution < -0.4 is 0 Å². The van der Waals surface area contributed by atoms with Gasteiger partial charge in [-0.05, 0) is 33.0 Å².